The Balaban J connectivity index is 0.00000625. The standard InChI is InChI=1S/C18H32N4O3.HI/c1-4-6-11-24-13-14-25-12-10-21-18(19-5-2)22-15-16-8-7-9-20-17(16)23-3;/h7-9H,4-6,10-15H2,1-3H3,(H2,19,21,22);1H. The van der Waals surface area contributed by atoms with Gasteiger partial charge < -0.3 is 24.8 Å². The third kappa shape index (κ3) is 11.5. The fourth-order valence-corrected chi connectivity index (χ4v) is 2.04. The molecule has 1 aromatic rings. The number of nitrogens with one attached hydrogen (secondary N) is 2. The lowest BCUT2D eigenvalue weighted by Crippen LogP contribution is -2.39. The van der Waals surface area contributed by atoms with Crippen molar-refractivity contribution >= 4 is 29.9 Å². The van der Waals surface area contributed by atoms with Gasteiger partial charge in [0.05, 0.1) is 33.5 Å². The lowest BCUT2D eigenvalue weighted by molar-refractivity contribution is 0.0487. The third-order valence-corrected chi connectivity index (χ3v) is 3.35. The Hall–Kier alpha value is -1.13. The van der Waals surface area contributed by atoms with Gasteiger partial charge >= 0.3 is 0 Å². The topological polar surface area (TPSA) is 77.0 Å². The van der Waals surface area contributed by atoms with Crippen LogP contribution in [-0.2, 0) is 16.0 Å². The zero-order chi connectivity index (χ0) is 18.2. The van der Waals surface area contributed by atoms with Crippen molar-refractivity contribution in [3.63, 3.8) is 0 Å². The maximum atomic E-state index is 5.54. The minimum absolute atomic E-state index is 0. The molecule has 0 aliphatic heterocycles. The summed E-state index contributed by atoms with van der Waals surface area (Å²) in [7, 11) is 1.61. The van der Waals surface area contributed by atoms with E-state index in [9.17, 15) is 0 Å². The van der Waals surface area contributed by atoms with Crippen LogP contribution in [0.15, 0.2) is 23.3 Å². The van der Waals surface area contributed by atoms with Crippen molar-refractivity contribution in [1.29, 1.82) is 0 Å². The summed E-state index contributed by atoms with van der Waals surface area (Å²) in [6.07, 6.45) is 3.97. The molecule has 2 N–H and O–H groups in total. The summed E-state index contributed by atoms with van der Waals surface area (Å²) >= 11 is 0. The molecule has 0 bridgehead atoms. The van der Waals surface area contributed by atoms with Crippen LogP contribution in [0.2, 0.25) is 0 Å². The summed E-state index contributed by atoms with van der Waals surface area (Å²) in [5, 5.41) is 6.46. The van der Waals surface area contributed by atoms with Crippen LogP contribution in [0.5, 0.6) is 5.88 Å². The average Bonchev–Trinajstić information content (AvgIpc) is 2.64. The monoisotopic (exact) mass is 480 g/mol. The van der Waals surface area contributed by atoms with Crippen LogP contribution in [0.25, 0.3) is 0 Å². The van der Waals surface area contributed by atoms with Crippen LogP contribution >= 0.6 is 24.0 Å². The van der Waals surface area contributed by atoms with Crippen molar-refractivity contribution < 1.29 is 14.2 Å². The van der Waals surface area contributed by atoms with E-state index in [4.69, 9.17) is 14.2 Å². The van der Waals surface area contributed by atoms with Gasteiger partial charge in [-0.2, -0.15) is 0 Å². The zero-order valence-corrected chi connectivity index (χ0v) is 18.5. The number of hydrogen-bond donors (Lipinski definition) is 2. The normalized spacial score (nSPS) is 11.0. The number of aromatic nitrogens is 1. The number of ether oxygens (including phenoxy) is 3. The molecular formula is C18H33IN4O3. The Kier molecular flexibility index (Phi) is 16.5. The molecule has 0 aliphatic rings. The van der Waals surface area contributed by atoms with Crippen molar-refractivity contribution in [3.05, 3.63) is 23.9 Å². The molecule has 0 spiro atoms. The van der Waals surface area contributed by atoms with E-state index in [1.54, 1.807) is 13.3 Å². The van der Waals surface area contributed by atoms with Gasteiger partial charge in [0.2, 0.25) is 5.88 Å². The highest BCUT2D eigenvalue weighted by Gasteiger charge is 2.03. The van der Waals surface area contributed by atoms with Crippen molar-refractivity contribution in [2.24, 2.45) is 4.99 Å². The minimum Gasteiger partial charge on any atom is -0.481 e. The molecule has 1 heterocycles. The summed E-state index contributed by atoms with van der Waals surface area (Å²) in [6.45, 7) is 8.85. The predicted octanol–water partition coefficient (Wildman–Crippen LogP) is 2.60. The second kappa shape index (κ2) is 17.3. The molecule has 0 radical (unpaired) electrons. The first kappa shape index (κ1) is 24.9. The van der Waals surface area contributed by atoms with E-state index in [1.165, 1.54) is 0 Å². The van der Waals surface area contributed by atoms with Crippen molar-refractivity contribution in [3.8, 4) is 5.88 Å². The Labute approximate surface area is 174 Å². The molecule has 7 nitrogen and oxygen atoms in total. The molecule has 1 aromatic heterocycles. The van der Waals surface area contributed by atoms with E-state index in [-0.39, 0.29) is 24.0 Å². The van der Waals surface area contributed by atoms with E-state index in [0.29, 0.717) is 38.8 Å². The van der Waals surface area contributed by atoms with Crippen LogP contribution in [0.4, 0.5) is 0 Å². The van der Waals surface area contributed by atoms with Crippen LogP contribution in [0.3, 0.4) is 0 Å². The largest absolute Gasteiger partial charge is 0.481 e. The Morgan fingerprint density at radius 3 is 2.58 bits per heavy atom. The van der Waals surface area contributed by atoms with E-state index < -0.39 is 0 Å². The number of halogens is 1. The molecule has 8 heteroatoms. The average molecular weight is 480 g/mol. The van der Waals surface area contributed by atoms with Crippen molar-refractivity contribution in [1.82, 2.24) is 15.6 Å². The number of nitrogens with zero attached hydrogens (tertiary/aromatic N) is 2. The highest BCUT2D eigenvalue weighted by Crippen LogP contribution is 2.14. The SMILES string of the molecule is CCCCOCCOCCNC(=NCc1cccnc1OC)NCC.I. The number of rotatable bonds is 13. The van der Waals surface area contributed by atoms with Gasteiger partial charge in [0, 0.05) is 31.5 Å². The van der Waals surface area contributed by atoms with E-state index in [1.807, 2.05) is 19.1 Å². The Morgan fingerprint density at radius 1 is 1.12 bits per heavy atom. The molecular weight excluding hydrogens is 447 g/mol. The molecule has 0 fully saturated rings. The predicted molar refractivity (Wildman–Crippen MR) is 116 cm³/mol. The number of hydrogen-bond acceptors (Lipinski definition) is 5. The summed E-state index contributed by atoms with van der Waals surface area (Å²) in [6, 6.07) is 3.84. The molecule has 0 amide bonds. The van der Waals surface area contributed by atoms with Gasteiger partial charge in [-0.05, 0) is 19.4 Å². The van der Waals surface area contributed by atoms with Gasteiger partial charge in [-0.15, -0.1) is 24.0 Å². The van der Waals surface area contributed by atoms with Crippen LogP contribution < -0.4 is 15.4 Å². The molecule has 0 aromatic carbocycles. The molecule has 26 heavy (non-hydrogen) atoms. The van der Waals surface area contributed by atoms with Crippen LogP contribution in [0.1, 0.15) is 32.3 Å². The number of aliphatic imine (C=N–C) groups is 1. The lowest BCUT2D eigenvalue weighted by Gasteiger charge is -2.12. The zero-order valence-electron chi connectivity index (χ0n) is 16.1. The van der Waals surface area contributed by atoms with Gasteiger partial charge in [-0.1, -0.05) is 19.4 Å². The van der Waals surface area contributed by atoms with Gasteiger partial charge in [-0.3, -0.25) is 0 Å². The highest BCUT2D eigenvalue weighted by atomic mass is 127. The van der Waals surface area contributed by atoms with E-state index >= 15 is 0 Å². The summed E-state index contributed by atoms with van der Waals surface area (Å²) < 4.78 is 16.2. The van der Waals surface area contributed by atoms with Gasteiger partial charge in [-0.25, -0.2) is 9.98 Å². The molecule has 1 rings (SSSR count). The number of guanidine groups is 1. The van der Waals surface area contributed by atoms with E-state index in [2.05, 4.69) is 27.5 Å². The van der Waals surface area contributed by atoms with Crippen molar-refractivity contribution in [2.75, 3.05) is 46.6 Å². The first-order chi connectivity index (χ1) is 12.3. The molecule has 150 valence electrons. The smallest absolute Gasteiger partial charge is 0.218 e. The first-order valence-electron chi connectivity index (χ1n) is 8.97. The molecule has 0 saturated carbocycles. The van der Waals surface area contributed by atoms with Crippen LogP contribution in [-0.4, -0.2) is 57.6 Å². The first-order valence-corrected chi connectivity index (χ1v) is 8.97. The number of unbranched alkanes of at least 4 members (excludes halogenated alkanes) is 1. The summed E-state index contributed by atoms with van der Waals surface area (Å²) in [5.74, 6) is 1.35. The van der Waals surface area contributed by atoms with Crippen LogP contribution in [0, 0.1) is 0 Å². The molecule has 0 aliphatic carbocycles. The molecule has 0 atom stereocenters. The second-order valence-corrected chi connectivity index (χ2v) is 5.37. The second-order valence-electron chi connectivity index (χ2n) is 5.37. The Morgan fingerprint density at radius 2 is 1.88 bits per heavy atom. The van der Waals surface area contributed by atoms with Gasteiger partial charge in [0.1, 0.15) is 0 Å². The fraction of sp³-hybridized carbons (Fsp3) is 0.667. The molecule has 0 unspecified atom stereocenters. The maximum absolute atomic E-state index is 5.54. The summed E-state index contributed by atoms with van der Waals surface area (Å²) in [5.41, 5.74) is 0.947. The molecule has 0 saturated heterocycles. The number of methoxy groups -OCH3 is 1. The fourth-order valence-electron chi connectivity index (χ4n) is 2.04. The minimum atomic E-state index is 0. The van der Waals surface area contributed by atoms with Crippen molar-refractivity contribution in [2.45, 2.75) is 33.2 Å². The quantitative estimate of drug-likeness (QED) is 0.196. The maximum Gasteiger partial charge on any atom is 0.218 e. The van der Waals surface area contributed by atoms with E-state index in [0.717, 1.165) is 37.5 Å². The third-order valence-electron chi connectivity index (χ3n) is 3.35. The summed E-state index contributed by atoms with van der Waals surface area (Å²) in [4.78, 5) is 8.73. The number of pyridine rings is 1. The lowest BCUT2D eigenvalue weighted by atomic mass is 10.3. The van der Waals surface area contributed by atoms with Gasteiger partial charge in [0.15, 0.2) is 5.96 Å². The highest BCUT2D eigenvalue weighted by molar-refractivity contribution is 14.0. The van der Waals surface area contributed by atoms with Gasteiger partial charge in [0.25, 0.3) is 0 Å². The Bertz CT molecular complexity index is 489.